The summed E-state index contributed by atoms with van der Waals surface area (Å²) in [4.78, 5) is 12.7. The summed E-state index contributed by atoms with van der Waals surface area (Å²) in [7, 11) is 0. The van der Waals surface area contributed by atoms with Crippen LogP contribution in [0.3, 0.4) is 0 Å². The lowest BCUT2D eigenvalue weighted by Gasteiger charge is -2.17. The van der Waals surface area contributed by atoms with Gasteiger partial charge in [0.1, 0.15) is 5.75 Å². The van der Waals surface area contributed by atoms with E-state index in [4.69, 9.17) is 0 Å². The molecule has 0 unspecified atom stereocenters. The van der Waals surface area contributed by atoms with Crippen molar-refractivity contribution >= 4 is 22.4 Å². The molecular formula is C24H16F3NO2. The molecule has 4 rings (SSSR count). The predicted molar refractivity (Wildman–Crippen MR) is 110 cm³/mol. The molecule has 0 aliphatic heterocycles. The average Bonchev–Trinajstić information content (AvgIpc) is 2.74. The summed E-state index contributed by atoms with van der Waals surface area (Å²) in [5, 5.41) is 14.6. The molecule has 0 saturated carbocycles. The van der Waals surface area contributed by atoms with Crippen LogP contribution >= 0.6 is 0 Å². The summed E-state index contributed by atoms with van der Waals surface area (Å²) in [6, 6.07) is 21.7. The highest BCUT2D eigenvalue weighted by molar-refractivity contribution is 6.11. The SMILES string of the molecule is O=C(Nc1ccc2ccccc2c1-c1cc(C(F)(F)F)ccc1O)c1ccccc1. The Morgan fingerprint density at radius 3 is 2.27 bits per heavy atom. The van der Waals surface area contributed by atoms with Gasteiger partial charge < -0.3 is 10.4 Å². The number of carbonyl (C=O) groups is 1. The van der Waals surface area contributed by atoms with Crippen LogP contribution in [0.15, 0.2) is 84.9 Å². The van der Waals surface area contributed by atoms with Gasteiger partial charge in [-0.05, 0) is 47.2 Å². The van der Waals surface area contributed by atoms with Gasteiger partial charge in [-0.15, -0.1) is 0 Å². The standard InChI is InChI=1S/C24H16F3NO2/c25-24(26,27)17-11-13-21(29)19(14-17)22-18-9-5-4-6-15(18)10-12-20(22)28-23(30)16-7-2-1-3-8-16/h1-14,29H,(H,28,30). The summed E-state index contributed by atoms with van der Waals surface area (Å²) in [6.07, 6.45) is -4.57. The Bertz CT molecular complexity index is 1230. The summed E-state index contributed by atoms with van der Waals surface area (Å²) in [6.45, 7) is 0. The number of fused-ring (bicyclic) bond motifs is 1. The molecule has 0 bridgehead atoms. The van der Waals surface area contributed by atoms with Crippen LogP contribution in [0.1, 0.15) is 15.9 Å². The number of anilines is 1. The number of aromatic hydroxyl groups is 1. The number of nitrogens with one attached hydrogen (secondary N) is 1. The number of rotatable bonds is 3. The van der Waals surface area contributed by atoms with E-state index in [9.17, 15) is 23.1 Å². The molecule has 150 valence electrons. The lowest BCUT2D eigenvalue weighted by molar-refractivity contribution is -0.137. The first-order valence-corrected chi connectivity index (χ1v) is 9.13. The molecule has 0 aliphatic rings. The molecule has 0 spiro atoms. The molecule has 0 atom stereocenters. The summed E-state index contributed by atoms with van der Waals surface area (Å²) < 4.78 is 39.9. The van der Waals surface area contributed by atoms with Gasteiger partial charge in [-0.25, -0.2) is 0 Å². The van der Waals surface area contributed by atoms with Crippen molar-refractivity contribution in [3.8, 4) is 16.9 Å². The molecule has 2 N–H and O–H groups in total. The van der Waals surface area contributed by atoms with Crippen LogP contribution in [0.5, 0.6) is 5.75 Å². The fourth-order valence-electron chi connectivity index (χ4n) is 3.36. The summed E-state index contributed by atoms with van der Waals surface area (Å²) >= 11 is 0. The van der Waals surface area contributed by atoms with Crippen molar-refractivity contribution in [1.29, 1.82) is 0 Å². The lowest BCUT2D eigenvalue weighted by atomic mass is 9.94. The third-order valence-corrected chi connectivity index (χ3v) is 4.81. The Hall–Kier alpha value is -3.80. The quantitative estimate of drug-likeness (QED) is 0.408. The topological polar surface area (TPSA) is 49.3 Å². The van der Waals surface area contributed by atoms with Crippen LogP contribution in [0.25, 0.3) is 21.9 Å². The highest BCUT2D eigenvalue weighted by Gasteiger charge is 2.31. The number of hydrogen-bond donors (Lipinski definition) is 2. The second kappa shape index (κ2) is 7.55. The maximum absolute atomic E-state index is 13.3. The van der Waals surface area contributed by atoms with Gasteiger partial charge in [0.25, 0.3) is 5.91 Å². The molecule has 0 radical (unpaired) electrons. The van der Waals surface area contributed by atoms with Crippen LogP contribution in [-0.4, -0.2) is 11.0 Å². The van der Waals surface area contributed by atoms with E-state index in [0.717, 1.165) is 23.6 Å². The Labute approximate surface area is 170 Å². The number of amides is 1. The van der Waals surface area contributed by atoms with E-state index >= 15 is 0 Å². The van der Waals surface area contributed by atoms with Crippen molar-refractivity contribution in [2.75, 3.05) is 5.32 Å². The number of phenols is 1. The van der Waals surface area contributed by atoms with Crippen LogP contribution in [-0.2, 0) is 6.18 Å². The molecule has 0 fully saturated rings. The molecule has 6 heteroatoms. The van der Waals surface area contributed by atoms with E-state index in [2.05, 4.69) is 5.32 Å². The van der Waals surface area contributed by atoms with Crippen molar-refractivity contribution in [2.45, 2.75) is 6.18 Å². The molecule has 30 heavy (non-hydrogen) atoms. The monoisotopic (exact) mass is 407 g/mol. The molecule has 0 aliphatic carbocycles. The Balaban J connectivity index is 1.92. The van der Waals surface area contributed by atoms with E-state index in [-0.39, 0.29) is 11.3 Å². The number of halogens is 3. The van der Waals surface area contributed by atoms with E-state index in [1.165, 1.54) is 0 Å². The number of phenolic OH excluding ortho intramolecular Hbond substituents is 1. The Morgan fingerprint density at radius 1 is 0.833 bits per heavy atom. The van der Waals surface area contributed by atoms with Crippen molar-refractivity contribution in [2.24, 2.45) is 0 Å². The summed E-state index contributed by atoms with van der Waals surface area (Å²) in [5.41, 5.74) is 0.136. The molecule has 0 saturated heterocycles. The predicted octanol–water partition coefficient (Wildman–Crippen LogP) is 6.48. The molecule has 4 aromatic carbocycles. The number of hydrogen-bond acceptors (Lipinski definition) is 2. The van der Waals surface area contributed by atoms with Gasteiger partial charge in [-0.3, -0.25) is 4.79 Å². The van der Waals surface area contributed by atoms with Gasteiger partial charge in [0.05, 0.1) is 5.56 Å². The van der Waals surface area contributed by atoms with E-state index in [0.29, 0.717) is 22.2 Å². The fraction of sp³-hybridized carbons (Fsp3) is 0.0417. The normalized spacial score (nSPS) is 11.4. The first kappa shape index (κ1) is 19.5. The van der Waals surface area contributed by atoms with Crippen LogP contribution in [0.4, 0.5) is 18.9 Å². The number of alkyl halides is 3. The fourth-order valence-corrected chi connectivity index (χ4v) is 3.36. The van der Waals surface area contributed by atoms with Crippen molar-refractivity contribution < 1.29 is 23.1 Å². The smallest absolute Gasteiger partial charge is 0.416 e. The van der Waals surface area contributed by atoms with Gasteiger partial charge in [0.2, 0.25) is 0 Å². The second-order valence-electron chi connectivity index (χ2n) is 6.76. The maximum atomic E-state index is 13.3. The zero-order valence-electron chi connectivity index (χ0n) is 15.6. The van der Waals surface area contributed by atoms with Gasteiger partial charge in [0.15, 0.2) is 0 Å². The first-order valence-electron chi connectivity index (χ1n) is 9.13. The van der Waals surface area contributed by atoms with Crippen molar-refractivity contribution in [3.63, 3.8) is 0 Å². The second-order valence-corrected chi connectivity index (χ2v) is 6.76. The molecule has 1 amide bonds. The third kappa shape index (κ3) is 3.72. The number of benzene rings is 4. The zero-order chi connectivity index (χ0) is 21.3. The first-order chi connectivity index (χ1) is 14.3. The van der Waals surface area contributed by atoms with Crippen LogP contribution < -0.4 is 5.32 Å². The van der Waals surface area contributed by atoms with Gasteiger partial charge in [0, 0.05) is 22.4 Å². The van der Waals surface area contributed by atoms with Gasteiger partial charge in [-0.2, -0.15) is 13.2 Å². The lowest BCUT2D eigenvalue weighted by Crippen LogP contribution is -2.12. The molecule has 0 aromatic heterocycles. The summed E-state index contributed by atoms with van der Waals surface area (Å²) in [5.74, 6) is -0.715. The van der Waals surface area contributed by atoms with Crippen molar-refractivity contribution in [3.05, 3.63) is 96.1 Å². The maximum Gasteiger partial charge on any atom is 0.416 e. The number of carbonyl (C=O) groups excluding carboxylic acids is 1. The minimum Gasteiger partial charge on any atom is -0.507 e. The van der Waals surface area contributed by atoms with E-state index in [1.807, 2.05) is 6.07 Å². The van der Waals surface area contributed by atoms with E-state index < -0.39 is 17.6 Å². The molecule has 4 aromatic rings. The Morgan fingerprint density at radius 2 is 1.53 bits per heavy atom. The van der Waals surface area contributed by atoms with Gasteiger partial charge in [-0.1, -0.05) is 48.5 Å². The molecule has 3 nitrogen and oxygen atoms in total. The zero-order valence-corrected chi connectivity index (χ0v) is 15.6. The Kier molecular flexibility index (Phi) is 4.91. The molecule has 0 heterocycles. The largest absolute Gasteiger partial charge is 0.507 e. The third-order valence-electron chi connectivity index (χ3n) is 4.81. The minimum absolute atomic E-state index is 0.00927. The van der Waals surface area contributed by atoms with Crippen molar-refractivity contribution in [1.82, 2.24) is 0 Å². The van der Waals surface area contributed by atoms with Crippen LogP contribution in [0.2, 0.25) is 0 Å². The van der Waals surface area contributed by atoms with Crippen LogP contribution in [0, 0.1) is 0 Å². The van der Waals surface area contributed by atoms with E-state index in [1.54, 1.807) is 60.7 Å². The minimum atomic E-state index is -4.57. The highest BCUT2D eigenvalue weighted by atomic mass is 19.4. The van der Waals surface area contributed by atoms with Gasteiger partial charge >= 0.3 is 6.18 Å². The average molecular weight is 407 g/mol. The molecular weight excluding hydrogens is 391 g/mol. The highest BCUT2D eigenvalue weighted by Crippen LogP contribution is 2.42.